The highest BCUT2D eigenvalue weighted by molar-refractivity contribution is 7.80. The summed E-state index contributed by atoms with van der Waals surface area (Å²) in [6.07, 6.45) is 4.29. The van der Waals surface area contributed by atoms with Crippen molar-refractivity contribution in [3.05, 3.63) is 72.6 Å². The van der Waals surface area contributed by atoms with Crippen molar-refractivity contribution in [3.63, 3.8) is 0 Å². The molecule has 0 N–H and O–H groups in total. The summed E-state index contributed by atoms with van der Waals surface area (Å²) < 4.78 is 2.20. The minimum absolute atomic E-state index is 0.902. The van der Waals surface area contributed by atoms with E-state index in [1.165, 1.54) is 16.3 Å². The Kier molecular flexibility index (Phi) is 3.03. The molecule has 1 heterocycles. The Morgan fingerprint density at radius 3 is 2.56 bits per heavy atom. The highest BCUT2D eigenvalue weighted by Gasteiger charge is 2.04. The van der Waals surface area contributed by atoms with Gasteiger partial charge in [-0.05, 0) is 23.6 Å². The molecule has 0 fully saturated rings. The zero-order chi connectivity index (χ0) is 12.4. The zero-order valence-electron chi connectivity index (χ0n) is 9.95. The molecule has 0 bridgehead atoms. The Morgan fingerprint density at radius 1 is 0.889 bits per heavy atom. The molecule has 0 aliphatic heterocycles. The zero-order valence-corrected chi connectivity index (χ0v) is 10.8. The van der Waals surface area contributed by atoms with Gasteiger partial charge in [-0.1, -0.05) is 30.3 Å². The number of pyridine rings is 1. The summed E-state index contributed by atoms with van der Waals surface area (Å²) in [5.41, 5.74) is 1.31. The molecule has 0 saturated carbocycles. The standard InChI is InChI=1S/C16H13NS/c18-16-7-6-15-12-17(9-8-14(15)10-16)11-13-4-2-1-3-5-13/h1-10,12H,11H2/p+1. The third-order valence-electron chi connectivity index (χ3n) is 3.03. The Hall–Kier alpha value is -1.80. The molecule has 88 valence electrons. The van der Waals surface area contributed by atoms with Crippen LogP contribution < -0.4 is 4.57 Å². The van der Waals surface area contributed by atoms with E-state index in [0.29, 0.717) is 0 Å². The molecule has 18 heavy (non-hydrogen) atoms. The summed E-state index contributed by atoms with van der Waals surface area (Å²) in [6, 6.07) is 18.8. The molecule has 2 aromatic carbocycles. The van der Waals surface area contributed by atoms with Gasteiger partial charge in [0.15, 0.2) is 18.9 Å². The van der Waals surface area contributed by atoms with Crippen LogP contribution in [0.4, 0.5) is 0 Å². The normalized spacial score (nSPS) is 10.7. The molecule has 0 amide bonds. The molecule has 1 aromatic heterocycles. The molecular weight excluding hydrogens is 238 g/mol. The molecule has 3 rings (SSSR count). The predicted octanol–water partition coefficient (Wildman–Crippen LogP) is 3.46. The van der Waals surface area contributed by atoms with Crippen molar-refractivity contribution in [1.82, 2.24) is 0 Å². The van der Waals surface area contributed by atoms with Crippen LogP contribution in [0.1, 0.15) is 5.56 Å². The van der Waals surface area contributed by atoms with Crippen molar-refractivity contribution in [2.45, 2.75) is 11.4 Å². The molecule has 2 heteroatoms. The number of aromatic nitrogens is 1. The monoisotopic (exact) mass is 252 g/mol. The summed E-state index contributed by atoms with van der Waals surface area (Å²) in [7, 11) is 0. The molecule has 0 atom stereocenters. The quantitative estimate of drug-likeness (QED) is 0.526. The van der Waals surface area contributed by atoms with Gasteiger partial charge < -0.3 is 0 Å². The average molecular weight is 252 g/mol. The van der Waals surface area contributed by atoms with E-state index in [0.717, 1.165) is 11.4 Å². The number of rotatable bonds is 2. The lowest BCUT2D eigenvalue weighted by Crippen LogP contribution is -2.33. The fraction of sp³-hybridized carbons (Fsp3) is 0.0625. The topological polar surface area (TPSA) is 3.88 Å². The van der Waals surface area contributed by atoms with E-state index < -0.39 is 0 Å². The Balaban J connectivity index is 1.96. The van der Waals surface area contributed by atoms with Crippen LogP contribution in [0.2, 0.25) is 0 Å². The SMILES string of the molecule is Sc1ccc2c[n+](Cc3ccccc3)ccc2c1. The average Bonchev–Trinajstić information content (AvgIpc) is 2.40. The molecular formula is C16H14NS+. The van der Waals surface area contributed by atoms with Crippen LogP contribution in [0, 0.1) is 0 Å². The van der Waals surface area contributed by atoms with E-state index in [1.807, 2.05) is 12.1 Å². The summed E-state index contributed by atoms with van der Waals surface area (Å²) >= 11 is 4.36. The summed E-state index contributed by atoms with van der Waals surface area (Å²) in [6.45, 7) is 0.902. The van der Waals surface area contributed by atoms with Crippen LogP contribution >= 0.6 is 12.6 Å². The van der Waals surface area contributed by atoms with E-state index in [1.54, 1.807) is 0 Å². The number of fused-ring (bicyclic) bond motifs is 1. The third kappa shape index (κ3) is 2.39. The van der Waals surface area contributed by atoms with Crippen LogP contribution in [0.25, 0.3) is 10.8 Å². The van der Waals surface area contributed by atoms with E-state index in [4.69, 9.17) is 0 Å². The van der Waals surface area contributed by atoms with Gasteiger partial charge >= 0.3 is 0 Å². The minimum Gasteiger partial charge on any atom is -0.200 e. The van der Waals surface area contributed by atoms with E-state index in [9.17, 15) is 0 Å². The highest BCUT2D eigenvalue weighted by atomic mass is 32.1. The summed E-state index contributed by atoms with van der Waals surface area (Å²) in [5, 5.41) is 2.47. The lowest BCUT2D eigenvalue weighted by molar-refractivity contribution is -0.687. The third-order valence-corrected chi connectivity index (χ3v) is 3.31. The Bertz CT molecular complexity index is 677. The number of hydrogen-bond donors (Lipinski definition) is 1. The molecule has 0 aliphatic rings. The van der Waals surface area contributed by atoms with Crippen molar-refractivity contribution in [1.29, 1.82) is 0 Å². The van der Waals surface area contributed by atoms with Crippen molar-refractivity contribution >= 4 is 23.4 Å². The van der Waals surface area contributed by atoms with Crippen LogP contribution in [-0.4, -0.2) is 0 Å². The summed E-state index contributed by atoms with van der Waals surface area (Å²) in [5.74, 6) is 0. The van der Waals surface area contributed by atoms with Gasteiger partial charge in [-0.3, -0.25) is 0 Å². The second-order valence-electron chi connectivity index (χ2n) is 4.42. The van der Waals surface area contributed by atoms with Gasteiger partial charge in [0.2, 0.25) is 0 Å². The lowest BCUT2D eigenvalue weighted by atomic mass is 10.1. The van der Waals surface area contributed by atoms with Gasteiger partial charge in [-0.2, -0.15) is 0 Å². The number of hydrogen-bond acceptors (Lipinski definition) is 1. The minimum atomic E-state index is 0.902. The van der Waals surface area contributed by atoms with Crippen LogP contribution in [0.15, 0.2) is 71.9 Å². The predicted molar refractivity (Wildman–Crippen MR) is 76.9 cm³/mol. The summed E-state index contributed by atoms with van der Waals surface area (Å²) in [4.78, 5) is 1.00. The molecule has 0 unspecified atom stereocenters. The van der Waals surface area contributed by atoms with E-state index in [-0.39, 0.29) is 0 Å². The fourth-order valence-corrected chi connectivity index (χ4v) is 2.33. The highest BCUT2D eigenvalue weighted by Crippen LogP contribution is 2.16. The van der Waals surface area contributed by atoms with Gasteiger partial charge in [0.25, 0.3) is 0 Å². The number of benzene rings is 2. The molecule has 1 nitrogen and oxygen atoms in total. The first-order valence-electron chi connectivity index (χ1n) is 5.97. The van der Waals surface area contributed by atoms with Crippen molar-refractivity contribution in [2.75, 3.05) is 0 Å². The van der Waals surface area contributed by atoms with Crippen molar-refractivity contribution < 1.29 is 4.57 Å². The lowest BCUT2D eigenvalue weighted by Gasteiger charge is -2.00. The maximum Gasteiger partial charge on any atom is 0.176 e. The van der Waals surface area contributed by atoms with Gasteiger partial charge in [-0.25, -0.2) is 4.57 Å². The van der Waals surface area contributed by atoms with Gasteiger partial charge in [-0.15, -0.1) is 12.6 Å². The maximum atomic E-state index is 4.36. The van der Waals surface area contributed by atoms with E-state index >= 15 is 0 Å². The molecule has 0 radical (unpaired) electrons. The van der Waals surface area contributed by atoms with Gasteiger partial charge in [0.05, 0.1) is 0 Å². The van der Waals surface area contributed by atoms with Gasteiger partial charge in [0, 0.05) is 21.9 Å². The van der Waals surface area contributed by atoms with Crippen LogP contribution in [0.3, 0.4) is 0 Å². The second kappa shape index (κ2) is 4.83. The van der Waals surface area contributed by atoms with Gasteiger partial charge in [0.1, 0.15) is 0 Å². The molecule has 0 saturated heterocycles. The second-order valence-corrected chi connectivity index (χ2v) is 4.93. The smallest absolute Gasteiger partial charge is 0.176 e. The Labute approximate surface area is 112 Å². The molecule has 3 aromatic rings. The van der Waals surface area contributed by atoms with Crippen LogP contribution in [-0.2, 0) is 6.54 Å². The first-order valence-corrected chi connectivity index (χ1v) is 6.42. The fourth-order valence-electron chi connectivity index (χ4n) is 2.11. The first kappa shape index (κ1) is 11.3. The van der Waals surface area contributed by atoms with Crippen molar-refractivity contribution in [2.24, 2.45) is 0 Å². The van der Waals surface area contributed by atoms with Crippen molar-refractivity contribution in [3.8, 4) is 0 Å². The van der Waals surface area contributed by atoms with E-state index in [2.05, 4.69) is 72.1 Å². The molecule has 0 aliphatic carbocycles. The molecule has 0 spiro atoms. The first-order chi connectivity index (χ1) is 8.81. The number of thiol groups is 1. The maximum absolute atomic E-state index is 4.36. The Morgan fingerprint density at radius 2 is 1.72 bits per heavy atom. The largest absolute Gasteiger partial charge is 0.200 e. The van der Waals surface area contributed by atoms with Crippen LogP contribution in [0.5, 0.6) is 0 Å². The number of nitrogens with zero attached hydrogens (tertiary/aromatic N) is 1.